The fourth-order valence-corrected chi connectivity index (χ4v) is 3.28. The van der Waals surface area contributed by atoms with Gasteiger partial charge in [0.1, 0.15) is 5.75 Å². The maximum atomic E-state index is 12.9. The van der Waals surface area contributed by atoms with Crippen LogP contribution in [0.15, 0.2) is 23.4 Å². The van der Waals surface area contributed by atoms with Gasteiger partial charge in [-0.3, -0.25) is 9.96 Å². The van der Waals surface area contributed by atoms with Crippen molar-refractivity contribution in [1.29, 1.82) is 0 Å². The molecule has 0 aliphatic heterocycles. The molecule has 1 atom stereocenters. The number of fused-ring (bicyclic) bond motifs is 1. The fourth-order valence-electron chi connectivity index (χ4n) is 2.24. The Bertz CT molecular complexity index is 1080. The molecule has 0 bridgehead atoms. The average molecular weight is 350 g/mol. The number of pyridine rings is 2. The van der Waals surface area contributed by atoms with Gasteiger partial charge >= 0.3 is 5.16 Å². The van der Waals surface area contributed by atoms with E-state index in [9.17, 15) is 4.55 Å². The van der Waals surface area contributed by atoms with Crippen molar-refractivity contribution in [2.75, 3.05) is 14.2 Å². The molecular formula is C16H18N4O3S. The van der Waals surface area contributed by atoms with Crippen LogP contribution in [-0.4, -0.2) is 38.7 Å². The molecule has 126 valence electrons. The molecule has 0 saturated carbocycles. The number of imidazole rings is 1. The summed E-state index contributed by atoms with van der Waals surface area (Å²) in [5.74, 6) is 0.326. The van der Waals surface area contributed by atoms with E-state index >= 15 is 0 Å². The summed E-state index contributed by atoms with van der Waals surface area (Å²) >= 11 is -1.80. The van der Waals surface area contributed by atoms with Gasteiger partial charge in [0, 0.05) is 34.5 Å². The lowest BCUT2D eigenvalue weighted by Crippen LogP contribution is -2.10. The van der Waals surface area contributed by atoms with E-state index in [1.54, 1.807) is 13.8 Å². The van der Waals surface area contributed by atoms with Crippen molar-refractivity contribution < 1.29 is 19.6 Å². The number of ether oxygens (including phenoxy) is 2. The van der Waals surface area contributed by atoms with Crippen molar-refractivity contribution in [2.24, 2.45) is 0 Å². The molecule has 3 aromatic rings. The molecule has 0 amide bonds. The number of aromatic nitrogens is 4. The van der Waals surface area contributed by atoms with Crippen molar-refractivity contribution in [3.8, 4) is 11.6 Å². The summed E-state index contributed by atoms with van der Waals surface area (Å²) in [4.78, 5) is 13.1. The van der Waals surface area contributed by atoms with Crippen LogP contribution in [0.3, 0.4) is 0 Å². The summed E-state index contributed by atoms with van der Waals surface area (Å²) in [5.41, 5.74) is 1.62. The van der Waals surface area contributed by atoms with Crippen LogP contribution in [-0.2, 0) is 16.9 Å². The molecule has 3 rings (SSSR count). The van der Waals surface area contributed by atoms with Gasteiger partial charge in [-0.1, -0.05) is 0 Å². The third-order valence-corrected chi connectivity index (χ3v) is 4.58. The summed E-state index contributed by atoms with van der Waals surface area (Å²) in [6, 6.07) is -0.562. The smallest absolute Gasteiger partial charge is 0.323 e. The molecule has 1 N–H and O–H groups in total. The van der Waals surface area contributed by atoms with Gasteiger partial charge in [0.05, 0.1) is 29.5 Å². The molecule has 3 aromatic heterocycles. The fraction of sp³-hybridized carbons (Fsp3) is 0.312. The number of hydrogen-bond acceptors (Lipinski definition) is 6. The van der Waals surface area contributed by atoms with Gasteiger partial charge in [-0.25, -0.2) is 0 Å². The Hall–Kier alpha value is -2.32. The standard InChI is InChI=1S/C16H18N4O3S/c1-9-7-17-12(10(2)14(9)23-4)8-24(21)16-18-11-5-6-13(22-3)19-15(11)20-16/h5-7H,8H2,1-4H3,(H,18,19,20)/i5D,6D,7D/hD. The second kappa shape index (κ2) is 6.66. The Morgan fingerprint density at radius 3 is 2.79 bits per heavy atom. The highest BCUT2D eigenvalue weighted by Gasteiger charge is 2.21. The topological polar surface area (TPSA) is 96.0 Å². The first-order valence-electron chi connectivity index (χ1n) is 8.97. The molecule has 7 nitrogen and oxygen atoms in total. The molecule has 3 heterocycles. The number of nitrogens with zero attached hydrogens (tertiary/aromatic N) is 3. The Kier molecular flexibility index (Phi) is 3.36. The number of H-pyrrole nitrogens is 1. The third kappa shape index (κ3) is 3.02. The van der Waals surface area contributed by atoms with Gasteiger partial charge in [0.2, 0.25) is 5.88 Å². The summed E-state index contributed by atoms with van der Waals surface area (Å²) < 4.78 is 55.2. The zero-order valence-electron chi connectivity index (χ0n) is 17.6. The van der Waals surface area contributed by atoms with Gasteiger partial charge < -0.3 is 14.0 Å². The Morgan fingerprint density at radius 1 is 1.29 bits per heavy atom. The van der Waals surface area contributed by atoms with Gasteiger partial charge in [-0.15, -0.1) is 0 Å². The maximum absolute atomic E-state index is 12.9. The van der Waals surface area contributed by atoms with Gasteiger partial charge in [-0.05, 0) is 19.9 Å². The van der Waals surface area contributed by atoms with E-state index in [0.29, 0.717) is 22.6 Å². The molecule has 24 heavy (non-hydrogen) atoms. The van der Waals surface area contributed by atoms with E-state index in [1.807, 2.05) is 0 Å². The van der Waals surface area contributed by atoms with E-state index in [-0.39, 0.29) is 46.2 Å². The average Bonchev–Trinajstić information content (AvgIpc) is 2.99. The van der Waals surface area contributed by atoms with Crippen LogP contribution in [0.25, 0.3) is 11.2 Å². The molecule has 0 aliphatic carbocycles. The number of nitrogens with one attached hydrogen (secondary N) is 1. The monoisotopic (exact) mass is 350 g/mol. The van der Waals surface area contributed by atoms with Crippen LogP contribution < -0.4 is 9.47 Å². The first kappa shape index (κ1) is 12.1. The molecule has 8 heteroatoms. The van der Waals surface area contributed by atoms with Crippen molar-refractivity contribution in [3.63, 3.8) is 0 Å². The highest BCUT2D eigenvalue weighted by molar-refractivity contribution is 7.90. The van der Waals surface area contributed by atoms with Crippen molar-refractivity contribution in [3.05, 3.63) is 35.1 Å². The third-order valence-electron chi connectivity index (χ3n) is 3.46. The van der Waals surface area contributed by atoms with Gasteiger partial charge in [0.15, 0.2) is 12.8 Å². The molecule has 0 aromatic carbocycles. The summed E-state index contributed by atoms with van der Waals surface area (Å²) in [6.07, 6.45) is 0.0209. The summed E-state index contributed by atoms with van der Waals surface area (Å²) in [5, 5.41) is -0.129. The maximum Gasteiger partial charge on any atom is 0.323 e. The molecule has 0 spiro atoms. The van der Waals surface area contributed by atoms with Gasteiger partial charge in [-0.2, -0.15) is 9.97 Å². The van der Waals surface area contributed by atoms with Crippen LogP contribution in [0.4, 0.5) is 0 Å². The SMILES string of the molecule is [2H]c1nc(C[S+]([O-])c2nc3nc(OC)c([2H])c([2H])c3n2[2H])c(C)c(OC)c1C. The summed E-state index contributed by atoms with van der Waals surface area (Å²) in [6.45, 7) is 3.48. The van der Waals surface area contributed by atoms with Crippen molar-refractivity contribution >= 4 is 22.3 Å². The van der Waals surface area contributed by atoms with Crippen LogP contribution in [0.2, 0.25) is 1.41 Å². The first-order valence-corrected chi connectivity index (χ1v) is 8.35. The zero-order valence-corrected chi connectivity index (χ0v) is 14.4. The lowest BCUT2D eigenvalue weighted by Gasteiger charge is -2.13. The van der Waals surface area contributed by atoms with Gasteiger partial charge in [0.25, 0.3) is 0 Å². The minimum Gasteiger partial charge on any atom is -0.609 e. The number of rotatable bonds is 5. The van der Waals surface area contributed by atoms with E-state index in [1.165, 1.54) is 14.2 Å². The zero-order chi connectivity index (χ0) is 20.7. The normalized spacial score (nSPS) is 14.7. The lowest BCUT2D eigenvalue weighted by atomic mass is 10.1. The van der Waals surface area contributed by atoms with Crippen LogP contribution in [0, 0.1) is 13.8 Å². The number of methoxy groups -OCH3 is 2. The Morgan fingerprint density at radius 2 is 2.08 bits per heavy atom. The van der Waals surface area contributed by atoms with E-state index in [2.05, 4.69) is 15.0 Å². The molecular weight excluding hydrogens is 328 g/mol. The highest BCUT2D eigenvalue weighted by atomic mass is 32.2. The highest BCUT2D eigenvalue weighted by Crippen LogP contribution is 2.26. The summed E-state index contributed by atoms with van der Waals surface area (Å²) in [7, 11) is 2.81. The second-order valence-corrected chi connectivity index (χ2v) is 6.34. The molecule has 0 aliphatic rings. The van der Waals surface area contributed by atoms with E-state index in [4.69, 9.17) is 15.0 Å². The second-order valence-electron chi connectivity index (χ2n) is 4.99. The predicted molar refractivity (Wildman–Crippen MR) is 90.8 cm³/mol. The van der Waals surface area contributed by atoms with Crippen molar-refractivity contribution in [2.45, 2.75) is 24.8 Å². The largest absolute Gasteiger partial charge is 0.609 e. The Balaban J connectivity index is 2.06. The molecule has 0 fully saturated rings. The minimum atomic E-state index is -1.80. The number of aromatic amines is 1. The quantitative estimate of drug-likeness (QED) is 0.709. The predicted octanol–water partition coefficient (Wildman–Crippen LogP) is 2.29. The molecule has 0 radical (unpaired) electrons. The van der Waals surface area contributed by atoms with Crippen molar-refractivity contribution in [1.82, 2.24) is 19.9 Å². The molecule has 0 saturated heterocycles. The van der Waals surface area contributed by atoms with E-state index < -0.39 is 11.2 Å². The van der Waals surface area contributed by atoms with E-state index in [0.717, 1.165) is 4.98 Å². The molecule has 1 unspecified atom stereocenters. The van der Waals surface area contributed by atoms with Crippen LogP contribution in [0.5, 0.6) is 11.6 Å². The minimum absolute atomic E-state index is 0.00329. The number of hydrogen-bond donors (Lipinski definition) is 1. The lowest BCUT2D eigenvalue weighted by molar-refractivity contribution is 0.399. The van der Waals surface area contributed by atoms with Crippen LogP contribution >= 0.6 is 0 Å². The van der Waals surface area contributed by atoms with Crippen LogP contribution in [0.1, 0.15) is 20.9 Å². The Labute approximate surface area is 148 Å². The first-order chi connectivity index (χ1) is 13.2.